The van der Waals surface area contributed by atoms with Crippen LogP contribution in [0.1, 0.15) is 46.1 Å². The Morgan fingerprint density at radius 3 is 2.30 bits per heavy atom. The topological polar surface area (TPSA) is 15.3 Å². The van der Waals surface area contributed by atoms with E-state index in [1.54, 1.807) is 0 Å². The molecule has 0 atom stereocenters. The first-order valence-electron chi connectivity index (χ1n) is 8.13. The number of aryl methyl sites for hydroxylation is 1. The van der Waals surface area contributed by atoms with Crippen LogP contribution < -0.4 is 10.2 Å². The van der Waals surface area contributed by atoms with Gasteiger partial charge in [-0.15, -0.1) is 0 Å². The number of nitrogens with one attached hydrogen (secondary N) is 1. The van der Waals surface area contributed by atoms with Crippen LogP contribution in [0.15, 0.2) is 24.3 Å². The van der Waals surface area contributed by atoms with Gasteiger partial charge in [-0.3, -0.25) is 0 Å². The molecule has 0 bridgehead atoms. The highest BCUT2D eigenvalue weighted by atomic mass is 15.1. The summed E-state index contributed by atoms with van der Waals surface area (Å²) >= 11 is 0. The van der Waals surface area contributed by atoms with Gasteiger partial charge in [-0.25, -0.2) is 0 Å². The molecule has 0 amide bonds. The van der Waals surface area contributed by atoms with Crippen molar-refractivity contribution in [2.75, 3.05) is 31.1 Å². The average Bonchev–Trinajstić information content (AvgIpc) is 2.48. The maximum atomic E-state index is 3.56. The van der Waals surface area contributed by atoms with Crippen LogP contribution in [0.5, 0.6) is 0 Å². The molecule has 0 unspecified atom stereocenters. The Balaban J connectivity index is 2.88. The molecule has 0 spiro atoms. The second kappa shape index (κ2) is 8.31. The zero-order chi connectivity index (χ0) is 15.0. The van der Waals surface area contributed by atoms with Gasteiger partial charge in [0.25, 0.3) is 0 Å². The Morgan fingerprint density at radius 2 is 1.80 bits per heavy atom. The Morgan fingerprint density at radius 1 is 1.10 bits per heavy atom. The highest BCUT2D eigenvalue weighted by Gasteiger charge is 2.28. The number of rotatable bonds is 9. The van der Waals surface area contributed by atoms with Crippen molar-refractivity contribution in [2.24, 2.45) is 5.41 Å². The quantitative estimate of drug-likeness (QED) is 0.726. The third kappa shape index (κ3) is 4.52. The van der Waals surface area contributed by atoms with Crippen LogP contribution in [0.2, 0.25) is 0 Å². The SMILES string of the molecule is CCNCC(CC)(CC)CN(CC)c1cccc(C)c1. The van der Waals surface area contributed by atoms with E-state index < -0.39 is 0 Å². The fourth-order valence-corrected chi connectivity index (χ4v) is 2.78. The van der Waals surface area contributed by atoms with Crippen molar-refractivity contribution < 1.29 is 0 Å². The minimum Gasteiger partial charge on any atom is -0.371 e. The maximum Gasteiger partial charge on any atom is 0.0368 e. The van der Waals surface area contributed by atoms with Crippen molar-refractivity contribution in [1.29, 1.82) is 0 Å². The van der Waals surface area contributed by atoms with Crippen LogP contribution >= 0.6 is 0 Å². The number of hydrogen-bond acceptors (Lipinski definition) is 2. The van der Waals surface area contributed by atoms with Gasteiger partial charge >= 0.3 is 0 Å². The van der Waals surface area contributed by atoms with Gasteiger partial charge < -0.3 is 10.2 Å². The van der Waals surface area contributed by atoms with Crippen LogP contribution in [-0.4, -0.2) is 26.2 Å². The number of benzene rings is 1. The van der Waals surface area contributed by atoms with Crippen LogP contribution in [0, 0.1) is 12.3 Å². The summed E-state index contributed by atoms with van der Waals surface area (Å²) in [6.45, 7) is 15.6. The Kier molecular flexibility index (Phi) is 7.08. The van der Waals surface area contributed by atoms with Gasteiger partial charge in [0, 0.05) is 25.3 Å². The first-order chi connectivity index (χ1) is 9.60. The second-order valence-corrected chi connectivity index (χ2v) is 5.84. The summed E-state index contributed by atoms with van der Waals surface area (Å²) in [5.41, 5.74) is 3.07. The smallest absolute Gasteiger partial charge is 0.0368 e. The minimum absolute atomic E-state index is 0.371. The van der Waals surface area contributed by atoms with Crippen LogP contribution in [0.4, 0.5) is 5.69 Å². The van der Waals surface area contributed by atoms with Gasteiger partial charge in [-0.1, -0.05) is 32.9 Å². The normalized spacial score (nSPS) is 11.7. The lowest BCUT2D eigenvalue weighted by molar-refractivity contribution is 0.255. The van der Waals surface area contributed by atoms with Gasteiger partial charge in [-0.05, 0) is 56.3 Å². The van der Waals surface area contributed by atoms with E-state index in [4.69, 9.17) is 0 Å². The molecule has 0 aliphatic heterocycles. The summed E-state index contributed by atoms with van der Waals surface area (Å²) in [6, 6.07) is 8.87. The van der Waals surface area contributed by atoms with Crippen molar-refractivity contribution in [3.63, 3.8) is 0 Å². The lowest BCUT2D eigenvalue weighted by Crippen LogP contribution is -2.43. The average molecular weight is 276 g/mol. The predicted octanol–water partition coefficient (Wildman–Crippen LogP) is 4.24. The van der Waals surface area contributed by atoms with Gasteiger partial charge in [0.1, 0.15) is 0 Å². The van der Waals surface area contributed by atoms with Crippen molar-refractivity contribution in [2.45, 2.75) is 47.5 Å². The standard InChI is InChI=1S/C18H32N2/c1-6-18(7-2,14-19-8-3)15-20(9-4)17-12-10-11-16(5)13-17/h10-13,19H,6-9,14-15H2,1-5H3. The Bertz CT molecular complexity index is 383. The molecule has 1 aromatic rings. The number of nitrogens with zero attached hydrogens (tertiary/aromatic N) is 1. The van der Waals surface area contributed by atoms with Gasteiger partial charge in [0.2, 0.25) is 0 Å². The second-order valence-electron chi connectivity index (χ2n) is 5.84. The van der Waals surface area contributed by atoms with E-state index in [0.717, 1.165) is 26.2 Å². The third-order valence-corrected chi connectivity index (χ3v) is 4.52. The largest absolute Gasteiger partial charge is 0.371 e. The fraction of sp³-hybridized carbons (Fsp3) is 0.667. The molecule has 1 aromatic carbocycles. The van der Waals surface area contributed by atoms with E-state index in [1.807, 2.05) is 0 Å². The highest BCUT2D eigenvalue weighted by Crippen LogP contribution is 2.29. The number of anilines is 1. The molecule has 0 aliphatic carbocycles. The molecule has 0 fully saturated rings. The molecule has 0 heterocycles. The molecular formula is C18H32N2. The van der Waals surface area contributed by atoms with Crippen LogP contribution in [0.3, 0.4) is 0 Å². The predicted molar refractivity (Wildman–Crippen MR) is 90.6 cm³/mol. The minimum atomic E-state index is 0.371. The van der Waals surface area contributed by atoms with E-state index in [-0.39, 0.29) is 0 Å². The van der Waals surface area contributed by atoms with E-state index in [0.29, 0.717) is 5.41 Å². The highest BCUT2D eigenvalue weighted by molar-refractivity contribution is 5.48. The van der Waals surface area contributed by atoms with Crippen LogP contribution in [0.25, 0.3) is 0 Å². The molecule has 0 aliphatic rings. The summed E-state index contributed by atoms with van der Waals surface area (Å²) in [5, 5.41) is 3.56. The van der Waals surface area contributed by atoms with Gasteiger partial charge in [0.05, 0.1) is 0 Å². The summed E-state index contributed by atoms with van der Waals surface area (Å²) < 4.78 is 0. The number of hydrogen-bond donors (Lipinski definition) is 1. The summed E-state index contributed by atoms with van der Waals surface area (Å²) in [6.07, 6.45) is 2.44. The molecule has 1 rings (SSSR count). The molecule has 1 N–H and O–H groups in total. The van der Waals surface area contributed by atoms with E-state index in [1.165, 1.54) is 24.1 Å². The molecule has 0 saturated carbocycles. The molecule has 0 radical (unpaired) electrons. The zero-order valence-electron chi connectivity index (χ0n) is 14.0. The molecular weight excluding hydrogens is 244 g/mol. The van der Waals surface area contributed by atoms with Crippen molar-refractivity contribution in [3.05, 3.63) is 29.8 Å². The van der Waals surface area contributed by atoms with Crippen molar-refractivity contribution in [1.82, 2.24) is 5.32 Å². The lowest BCUT2D eigenvalue weighted by Gasteiger charge is -2.38. The molecule has 0 saturated heterocycles. The Hall–Kier alpha value is -1.02. The summed E-state index contributed by atoms with van der Waals surface area (Å²) in [5.74, 6) is 0. The summed E-state index contributed by atoms with van der Waals surface area (Å²) in [7, 11) is 0. The van der Waals surface area contributed by atoms with Crippen molar-refractivity contribution in [3.8, 4) is 0 Å². The molecule has 114 valence electrons. The first kappa shape index (κ1) is 17.0. The molecule has 2 nitrogen and oxygen atoms in total. The molecule has 20 heavy (non-hydrogen) atoms. The van der Waals surface area contributed by atoms with E-state index >= 15 is 0 Å². The first-order valence-corrected chi connectivity index (χ1v) is 8.13. The van der Waals surface area contributed by atoms with Gasteiger partial charge in [-0.2, -0.15) is 0 Å². The fourth-order valence-electron chi connectivity index (χ4n) is 2.78. The van der Waals surface area contributed by atoms with E-state index in [2.05, 4.69) is 69.1 Å². The Labute approximate surface area is 125 Å². The summed E-state index contributed by atoms with van der Waals surface area (Å²) in [4.78, 5) is 2.53. The molecule has 0 aromatic heterocycles. The lowest BCUT2D eigenvalue weighted by atomic mass is 9.81. The monoisotopic (exact) mass is 276 g/mol. The van der Waals surface area contributed by atoms with Gasteiger partial charge in [0.15, 0.2) is 0 Å². The zero-order valence-corrected chi connectivity index (χ0v) is 14.0. The van der Waals surface area contributed by atoms with E-state index in [9.17, 15) is 0 Å². The third-order valence-electron chi connectivity index (χ3n) is 4.52. The van der Waals surface area contributed by atoms with Crippen LogP contribution in [-0.2, 0) is 0 Å². The molecule has 2 heteroatoms. The van der Waals surface area contributed by atoms with Crippen molar-refractivity contribution >= 4 is 5.69 Å². The maximum absolute atomic E-state index is 3.56.